The first-order valence-corrected chi connectivity index (χ1v) is 7.31. The van der Waals surface area contributed by atoms with E-state index in [4.69, 9.17) is 0 Å². The molecule has 5 heteroatoms. The molecule has 2 aromatic heterocycles. The molecule has 3 rings (SSSR count). The molecule has 0 bridgehead atoms. The fourth-order valence-electron chi connectivity index (χ4n) is 2.33. The van der Waals surface area contributed by atoms with Gasteiger partial charge < -0.3 is 9.88 Å². The maximum absolute atomic E-state index is 13.3. The van der Waals surface area contributed by atoms with Gasteiger partial charge in [-0.3, -0.25) is 0 Å². The summed E-state index contributed by atoms with van der Waals surface area (Å²) in [6.45, 7) is 0. The number of hydrogen-bond donors (Lipinski definition) is 1. The van der Waals surface area contributed by atoms with E-state index in [1.165, 1.54) is 10.9 Å². The Kier molecular flexibility index (Phi) is 3.54. The summed E-state index contributed by atoms with van der Waals surface area (Å²) in [5.41, 5.74) is 0. The lowest BCUT2D eigenvalue weighted by Gasteiger charge is -2.14. The molecule has 20 heavy (non-hydrogen) atoms. The van der Waals surface area contributed by atoms with E-state index in [9.17, 15) is 4.39 Å². The molecule has 0 aliphatic carbocycles. The summed E-state index contributed by atoms with van der Waals surface area (Å²) in [7, 11) is 3.94. The van der Waals surface area contributed by atoms with E-state index in [2.05, 4.69) is 16.4 Å². The smallest absolute Gasteiger partial charge is 0.123 e. The maximum atomic E-state index is 13.3. The maximum Gasteiger partial charge on any atom is 0.123 e. The third kappa shape index (κ3) is 2.46. The molecule has 0 radical (unpaired) electrons. The molecule has 0 saturated heterocycles. The van der Waals surface area contributed by atoms with Crippen molar-refractivity contribution in [1.29, 1.82) is 0 Å². The van der Waals surface area contributed by atoms with E-state index in [0.717, 1.165) is 22.3 Å². The first kappa shape index (κ1) is 13.3. The van der Waals surface area contributed by atoms with Crippen molar-refractivity contribution < 1.29 is 4.39 Å². The number of thiophene rings is 1. The number of likely N-dealkylation sites (N-methyl/N-ethyl adjacent to an activating group) is 1. The molecule has 0 spiro atoms. The highest BCUT2D eigenvalue weighted by molar-refractivity contribution is 7.19. The average molecular weight is 289 g/mol. The number of halogens is 1. The number of benzene rings is 1. The van der Waals surface area contributed by atoms with Crippen LogP contribution >= 0.6 is 11.3 Å². The molecule has 0 amide bonds. The summed E-state index contributed by atoms with van der Waals surface area (Å²) in [4.78, 5) is 5.57. The quantitative estimate of drug-likeness (QED) is 0.799. The van der Waals surface area contributed by atoms with Crippen LogP contribution in [-0.4, -0.2) is 16.6 Å². The van der Waals surface area contributed by atoms with Gasteiger partial charge in [-0.05, 0) is 36.7 Å². The average Bonchev–Trinajstić information content (AvgIpc) is 3.01. The third-order valence-electron chi connectivity index (χ3n) is 3.50. The van der Waals surface area contributed by atoms with Crippen LogP contribution < -0.4 is 5.32 Å². The van der Waals surface area contributed by atoms with Gasteiger partial charge in [0.1, 0.15) is 11.6 Å². The molecule has 1 aromatic carbocycles. The van der Waals surface area contributed by atoms with Gasteiger partial charge in [0.15, 0.2) is 0 Å². The van der Waals surface area contributed by atoms with Crippen molar-refractivity contribution in [3.05, 3.63) is 53.2 Å². The molecule has 1 atom stereocenters. The van der Waals surface area contributed by atoms with Crippen LogP contribution in [0.5, 0.6) is 0 Å². The van der Waals surface area contributed by atoms with Gasteiger partial charge in [0.2, 0.25) is 0 Å². The Hall–Kier alpha value is -1.72. The van der Waals surface area contributed by atoms with Crippen LogP contribution in [0.15, 0.2) is 36.7 Å². The largest absolute Gasteiger partial charge is 0.338 e. The first-order chi connectivity index (χ1) is 9.67. The van der Waals surface area contributed by atoms with Gasteiger partial charge in [-0.1, -0.05) is 0 Å². The van der Waals surface area contributed by atoms with Gasteiger partial charge in [0.05, 0.1) is 0 Å². The van der Waals surface area contributed by atoms with Crippen LogP contribution in [-0.2, 0) is 13.5 Å². The fraction of sp³-hybridized carbons (Fsp3) is 0.267. The highest BCUT2D eigenvalue weighted by Crippen LogP contribution is 2.31. The summed E-state index contributed by atoms with van der Waals surface area (Å²) in [5, 5.41) is 4.29. The Labute approximate surface area is 121 Å². The van der Waals surface area contributed by atoms with Crippen molar-refractivity contribution in [3.8, 4) is 0 Å². The van der Waals surface area contributed by atoms with Crippen molar-refractivity contribution in [1.82, 2.24) is 14.9 Å². The number of rotatable bonds is 4. The predicted molar refractivity (Wildman–Crippen MR) is 80.5 cm³/mol. The monoisotopic (exact) mass is 289 g/mol. The first-order valence-electron chi connectivity index (χ1n) is 6.50. The van der Waals surface area contributed by atoms with E-state index in [1.807, 2.05) is 37.1 Å². The topological polar surface area (TPSA) is 29.9 Å². The van der Waals surface area contributed by atoms with Crippen molar-refractivity contribution in [2.24, 2.45) is 7.05 Å². The fourth-order valence-corrected chi connectivity index (χ4v) is 3.48. The number of nitrogens with zero attached hydrogens (tertiary/aromatic N) is 2. The van der Waals surface area contributed by atoms with E-state index in [1.54, 1.807) is 17.4 Å². The summed E-state index contributed by atoms with van der Waals surface area (Å²) < 4.78 is 16.4. The Morgan fingerprint density at radius 2 is 2.25 bits per heavy atom. The van der Waals surface area contributed by atoms with Crippen molar-refractivity contribution in [2.45, 2.75) is 12.5 Å². The zero-order chi connectivity index (χ0) is 14.1. The van der Waals surface area contributed by atoms with Gasteiger partial charge in [0, 0.05) is 41.5 Å². The van der Waals surface area contributed by atoms with E-state index >= 15 is 0 Å². The van der Waals surface area contributed by atoms with Crippen molar-refractivity contribution >= 4 is 21.4 Å². The normalized spacial score (nSPS) is 12.9. The van der Waals surface area contributed by atoms with Crippen molar-refractivity contribution in [2.75, 3.05) is 7.05 Å². The van der Waals surface area contributed by atoms with Crippen LogP contribution in [0.1, 0.15) is 16.7 Å². The second-order valence-electron chi connectivity index (χ2n) is 4.83. The Morgan fingerprint density at radius 3 is 2.95 bits per heavy atom. The van der Waals surface area contributed by atoms with Crippen molar-refractivity contribution in [3.63, 3.8) is 0 Å². The number of aromatic nitrogens is 2. The lowest BCUT2D eigenvalue weighted by Crippen LogP contribution is -2.19. The van der Waals surface area contributed by atoms with Crippen LogP contribution in [0, 0.1) is 5.82 Å². The number of hydrogen-bond acceptors (Lipinski definition) is 3. The lowest BCUT2D eigenvalue weighted by molar-refractivity contribution is 0.572. The zero-order valence-corrected chi connectivity index (χ0v) is 12.2. The second kappa shape index (κ2) is 5.34. The van der Waals surface area contributed by atoms with E-state index in [-0.39, 0.29) is 11.9 Å². The highest BCUT2D eigenvalue weighted by Gasteiger charge is 2.15. The zero-order valence-electron chi connectivity index (χ0n) is 11.4. The van der Waals surface area contributed by atoms with Crippen LogP contribution in [0.3, 0.4) is 0 Å². The molecule has 0 fully saturated rings. The summed E-state index contributed by atoms with van der Waals surface area (Å²) in [5.74, 6) is 0.847. The molecule has 1 N–H and O–H groups in total. The standard InChI is InChI=1S/C15H16FN3S/c1-17-12(9-15-18-5-6-19(15)2)14-8-10-7-11(16)3-4-13(10)20-14/h3-8,12,17H,9H2,1-2H3. The van der Waals surface area contributed by atoms with Gasteiger partial charge in [-0.15, -0.1) is 11.3 Å². The van der Waals surface area contributed by atoms with Crippen LogP contribution in [0.25, 0.3) is 10.1 Å². The van der Waals surface area contributed by atoms with Crippen LogP contribution in [0.2, 0.25) is 0 Å². The molecular weight excluding hydrogens is 273 g/mol. The number of aryl methyl sites for hydroxylation is 1. The molecule has 1 unspecified atom stereocenters. The molecule has 2 heterocycles. The minimum absolute atomic E-state index is 0.188. The second-order valence-corrected chi connectivity index (χ2v) is 5.95. The summed E-state index contributed by atoms with van der Waals surface area (Å²) >= 11 is 1.70. The third-order valence-corrected chi connectivity index (χ3v) is 4.73. The molecule has 0 saturated carbocycles. The number of nitrogens with one attached hydrogen (secondary N) is 1. The molecule has 3 aromatic rings. The molecule has 3 nitrogen and oxygen atoms in total. The van der Waals surface area contributed by atoms with Gasteiger partial charge in [-0.2, -0.15) is 0 Å². The highest BCUT2D eigenvalue weighted by atomic mass is 32.1. The SMILES string of the molecule is CNC(Cc1nccn1C)c1cc2cc(F)ccc2s1. The Morgan fingerprint density at radius 1 is 1.40 bits per heavy atom. The molecule has 0 aliphatic heterocycles. The summed E-state index contributed by atoms with van der Waals surface area (Å²) in [6.07, 6.45) is 4.57. The van der Waals surface area contributed by atoms with Gasteiger partial charge >= 0.3 is 0 Å². The summed E-state index contributed by atoms with van der Waals surface area (Å²) in [6, 6.07) is 7.19. The van der Waals surface area contributed by atoms with E-state index < -0.39 is 0 Å². The Bertz CT molecular complexity index is 732. The molecular formula is C15H16FN3S. The molecule has 0 aliphatic rings. The number of fused-ring (bicyclic) bond motifs is 1. The Balaban J connectivity index is 1.92. The lowest BCUT2D eigenvalue weighted by atomic mass is 10.1. The minimum Gasteiger partial charge on any atom is -0.338 e. The van der Waals surface area contributed by atoms with E-state index in [0.29, 0.717) is 0 Å². The van der Waals surface area contributed by atoms with Gasteiger partial charge in [0.25, 0.3) is 0 Å². The minimum atomic E-state index is -0.188. The predicted octanol–water partition coefficient (Wildman–Crippen LogP) is 3.28. The molecule has 104 valence electrons. The van der Waals surface area contributed by atoms with Crippen LogP contribution in [0.4, 0.5) is 4.39 Å². The van der Waals surface area contributed by atoms with Gasteiger partial charge in [-0.25, -0.2) is 9.37 Å². The number of imidazole rings is 1.